The molecule has 2 saturated heterocycles. The van der Waals surface area contributed by atoms with Crippen molar-refractivity contribution in [3.05, 3.63) is 35.9 Å². The number of benzene rings is 1. The highest BCUT2D eigenvalue weighted by Gasteiger charge is 2.56. The summed E-state index contributed by atoms with van der Waals surface area (Å²) in [5.74, 6) is 0.118. The van der Waals surface area contributed by atoms with Crippen molar-refractivity contribution in [2.24, 2.45) is 5.41 Å². The van der Waals surface area contributed by atoms with Gasteiger partial charge in [-0.2, -0.15) is 0 Å². The Bertz CT molecular complexity index is 755. The third-order valence-corrected chi connectivity index (χ3v) is 5.60. The minimum atomic E-state index is -0.528. The van der Waals surface area contributed by atoms with E-state index in [-0.39, 0.29) is 29.8 Å². The standard InChI is InChI=1S/C20H25N3O3/c1-20(2,3)18(25)21-9-10-22-16(12-21)17(24)23(19(22)26)15-11-14(15)13-7-5-4-6-8-13/h4-8,14-16H,9-12H2,1-3H3/t14-,15+,16?/m1/s1. The fraction of sp³-hybridized carbons (Fsp3) is 0.550. The second kappa shape index (κ2) is 5.83. The van der Waals surface area contributed by atoms with Gasteiger partial charge in [0, 0.05) is 30.5 Å². The first-order valence-corrected chi connectivity index (χ1v) is 9.27. The van der Waals surface area contributed by atoms with E-state index in [0.717, 1.165) is 6.42 Å². The minimum absolute atomic E-state index is 0.0319. The first-order valence-electron chi connectivity index (χ1n) is 9.27. The molecule has 26 heavy (non-hydrogen) atoms. The number of urea groups is 1. The van der Waals surface area contributed by atoms with Crippen LogP contribution in [0.4, 0.5) is 4.79 Å². The van der Waals surface area contributed by atoms with Crippen LogP contribution in [0.25, 0.3) is 0 Å². The summed E-state index contributed by atoms with van der Waals surface area (Å²) in [7, 11) is 0. The molecule has 3 atom stereocenters. The number of rotatable bonds is 2. The Morgan fingerprint density at radius 2 is 1.77 bits per heavy atom. The van der Waals surface area contributed by atoms with Gasteiger partial charge in [-0.25, -0.2) is 4.79 Å². The molecule has 3 fully saturated rings. The Labute approximate surface area is 153 Å². The average Bonchev–Trinajstić information content (AvgIpc) is 3.36. The van der Waals surface area contributed by atoms with Gasteiger partial charge in [0.25, 0.3) is 5.91 Å². The van der Waals surface area contributed by atoms with Crippen LogP contribution in [0.5, 0.6) is 0 Å². The van der Waals surface area contributed by atoms with Crippen LogP contribution in [0.1, 0.15) is 38.7 Å². The van der Waals surface area contributed by atoms with Gasteiger partial charge in [-0.3, -0.25) is 14.5 Å². The zero-order valence-electron chi connectivity index (χ0n) is 15.5. The molecule has 1 unspecified atom stereocenters. The third kappa shape index (κ3) is 2.68. The summed E-state index contributed by atoms with van der Waals surface area (Å²) < 4.78 is 0. The average molecular weight is 355 g/mol. The van der Waals surface area contributed by atoms with E-state index in [4.69, 9.17) is 0 Å². The lowest BCUT2D eigenvalue weighted by Crippen LogP contribution is -2.56. The molecule has 0 aromatic heterocycles. The molecule has 6 heteroatoms. The molecule has 0 N–H and O–H groups in total. The molecule has 1 saturated carbocycles. The van der Waals surface area contributed by atoms with Gasteiger partial charge in [0.2, 0.25) is 5.91 Å². The largest absolute Gasteiger partial charge is 0.338 e. The Balaban J connectivity index is 1.49. The summed E-state index contributed by atoms with van der Waals surface area (Å²) in [6, 6.07) is 9.27. The maximum Gasteiger partial charge on any atom is 0.327 e. The molecule has 3 aliphatic rings. The van der Waals surface area contributed by atoms with E-state index in [1.54, 1.807) is 9.80 Å². The highest BCUT2D eigenvalue weighted by molar-refractivity contribution is 6.05. The highest BCUT2D eigenvalue weighted by atomic mass is 16.2. The van der Waals surface area contributed by atoms with E-state index in [0.29, 0.717) is 19.6 Å². The molecule has 138 valence electrons. The van der Waals surface area contributed by atoms with Crippen molar-refractivity contribution < 1.29 is 14.4 Å². The monoisotopic (exact) mass is 355 g/mol. The number of amides is 4. The van der Waals surface area contributed by atoms with Gasteiger partial charge in [-0.1, -0.05) is 51.1 Å². The van der Waals surface area contributed by atoms with E-state index in [1.165, 1.54) is 10.5 Å². The van der Waals surface area contributed by atoms with Crippen LogP contribution in [0.2, 0.25) is 0 Å². The van der Waals surface area contributed by atoms with Crippen LogP contribution in [-0.4, -0.2) is 64.3 Å². The normalized spacial score (nSPS) is 28.4. The predicted octanol–water partition coefficient (Wildman–Crippen LogP) is 2.06. The van der Waals surface area contributed by atoms with Crippen molar-refractivity contribution in [3.63, 3.8) is 0 Å². The lowest BCUT2D eigenvalue weighted by Gasteiger charge is -2.38. The molecule has 0 bridgehead atoms. The third-order valence-electron chi connectivity index (χ3n) is 5.60. The van der Waals surface area contributed by atoms with Gasteiger partial charge in [0.1, 0.15) is 6.04 Å². The first kappa shape index (κ1) is 17.1. The fourth-order valence-electron chi connectivity index (χ4n) is 4.11. The summed E-state index contributed by atoms with van der Waals surface area (Å²) in [5.41, 5.74) is 0.690. The molecule has 1 aromatic carbocycles. The Hall–Kier alpha value is -2.37. The van der Waals surface area contributed by atoms with E-state index < -0.39 is 11.5 Å². The zero-order valence-corrected chi connectivity index (χ0v) is 15.5. The summed E-state index contributed by atoms with van der Waals surface area (Å²) in [5, 5.41) is 0. The Morgan fingerprint density at radius 1 is 1.08 bits per heavy atom. The maximum atomic E-state index is 13.0. The maximum absolute atomic E-state index is 13.0. The number of fused-ring (bicyclic) bond motifs is 1. The van der Waals surface area contributed by atoms with Gasteiger partial charge in [-0.05, 0) is 12.0 Å². The van der Waals surface area contributed by atoms with Gasteiger partial charge in [0.15, 0.2) is 0 Å². The summed E-state index contributed by atoms with van der Waals surface area (Å²) in [4.78, 5) is 43.2. The molecular weight excluding hydrogens is 330 g/mol. The summed E-state index contributed by atoms with van der Waals surface area (Å²) in [6.07, 6.45) is 0.826. The van der Waals surface area contributed by atoms with Crippen LogP contribution < -0.4 is 0 Å². The van der Waals surface area contributed by atoms with Gasteiger partial charge >= 0.3 is 6.03 Å². The topological polar surface area (TPSA) is 60.9 Å². The van der Waals surface area contributed by atoms with Crippen molar-refractivity contribution in [1.29, 1.82) is 0 Å². The predicted molar refractivity (Wildman–Crippen MR) is 96.4 cm³/mol. The smallest absolute Gasteiger partial charge is 0.327 e. The molecular formula is C20H25N3O3. The SMILES string of the molecule is CC(C)(C)C(=O)N1CCN2C(=O)N([C@H]3C[C@@H]3c3ccccc3)C(=O)C2C1. The van der Waals surface area contributed by atoms with E-state index >= 15 is 0 Å². The number of imide groups is 1. The van der Waals surface area contributed by atoms with Crippen molar-refractivity contribution in [2.75, 3.05) is 19.6 Å². The van der Waals surface area contributed by atoms with E-state index in [2.05, 4.69) is 0 Å². The number of carbonyl (C=O) groups is 3. The van der Waals surface area contributed by atoms with Crippen molar-refractivity contribution >= 4 is 17.8 Å². The van der Waals surface area contributed by atoms with Crippen LogP contribution >= 0.6 is 0 Å². The van der Waals surface area contributed by atoms with Gasteiger partial charge < -0.3 is 9.80 Å². The molecule has 2 heterocycles. The van der Waals surface area contributed by atoms with Crippen molar-refractivity contribution in [3.8, 4) is 0 Å². The Kier molecular flexibility index (Phi) is 3.82. The fourth-order valence-corrected chi connectivity index (χ4v) is 4.11. The van der Waals surface area contributed by atoms with Gasteiger partial charge in [-0.15, -0.1) is 0 Å². The number of hydrogen-bond acceptors (Lipinski definition) is 3. The van der Waals surface area contributed by atoms with Crippen LogP contribution in [0.3, 0.4) is 0 Å². The molecule has 4 rings (SSSR count). The minimum Gasteiger partial charge on any atom is -0.338 e. The quantitative estimate of drug-likeness (QED) is 0.763. The molecule has 0 radical (unpaired) electrons. The summed E-state index contributed by atoms with van der Waals surface area (Å²) in [6.45, 7) is 6.86. The Morgan fingerprint density at radius 3 is 2.42 bits per heavy atom. The van der Waals surface area contributed by atoms with Crippen LogP contribution in [-0.2, 0) is 9.59 Å². The second-order valence-electron chi connectivity index (χ2n) is 8.52. The molecule has 4 amide bonds. The van der Waals surface area contributed by atoms with Crippen molar-refractivity contribution in [1.82, 2.24) is 14.7 Å². The molecule has 6 nitrogen and oxygen atoms in total. The van der Waals surface area contributed by atoms with Crippen LogP contribution in [0.15, 0.2) is 30.3 Å². The number of hydrogen-bond donors (Lipinski definition) is 0. The first-order chi connectivity index (χ1) is 12.3. The van der Waals surface area contributed by atoms with Gasteiger partial charge in [0.05, 0.1) is 6.54 Å². The molecule has 1 aliphatic carbocycles. The number of nitrogens with zero attached hydrogens (tertiary/aromatic N) is 3. The number of carbonyl (C=O) groups excluding carboxylic acids is 3. The number of piperazine rings is 1. The lowest BCUT2D eigenvalue weighted by molar-refractivity contribution is -0.143. The van der Waals surface area contributed by atoms with E-state index in [9.17, 15) is 14.4 Å². The zero-order chi connectivity index (χ0) is 18.6. The van der Waals surface area contributed by atoms with E-state index in [1.807, 2.05) is 51.1 Å². The highest BCUT2D eigenvalue weighted by Crippen LogP contribution is 2.46. The summed E-state index contributed by atoms with van der Waals surface area (Å²) >= 11 is 0. The van der Waals surface area contributed by atoms with Crippen LogP contribution in [0, 0.1) is 5.41 Å². The lowest BCUT2D eigenvalue weighted by atomic mass is 9.94. The molecule has 0 spiro atoms. The molecule has 1 aromatic rings. The van der Waals surface area contributed by atoms with Crippen molar-refractivity contribution in [2.45, 2.75) is 45.2 Å². The second-order valence-corrected chi connectivity index (χ2v) is 8.52. The molecule has 2 aliphatic heterocycles.